The highest BCUT2D eigenvalue weighted by molar-refractivity contribution is 5.50. The third kappa shape index (κ3) is 2.89. The molecule has 1 aliphatic rings. The Kier molecular flexibility index (Phi) is 4.25. The SMILES string of the molecule is COc1cc(C2(N=C=O)CCCC2)c(C)cc1C(C)(C)C. The molecule has 0 radical (unpaired) electrons. The van der Waals surface area contributed by atoms with Crippen molar-refractivity contribution in [1.82, 2.24) is 0 Å². The number of methoxy groups -OCH3 is 1. The Morgan fingerprint density at radius 2 is 1.86 bits per heavy atom. The van der Waals surface area contributed by atoms with Gasteiger partial charge < -0.3 is 4.74 Å². The van der Waals surface area contributed by atoms with E-state index in [9.17, 15) is 4.79 Å². The van der Waals surface area contributed by atoms with Crippen molar-refractivity contribution in [2.24, 2.45) is 4.99 Å². The van der Waals surface area contributed by atoms with E-state index in [0.29, 0.717) is 0 Å². The minimum Gasteiger partial charge on any atom is -0.496 e. The zero-order chi connectivity index (χ0) is 15.7. The molecule has 0 bridgehead atoms. The van der Waals surface area contributed by atoms with E-state index in [1.807, 2.05) is 0 Å². The summed E-state index contributed by atoms with van der Waals surface area (Å²) in [4.78, 5) is 15.1. The summed E-state index contributed by atoms with van der Waals surface area (Å²) in [6, 6.07) is 4.27. The van der Waals surface area contributed by atoms with Crippen LogP contribution in [0.3, 0.4) is 0 Å². The smallest absolute Gasteiger partial charge is 0.235 e. The zero-order valence-corrected chi connectivity index (χ0v) is 13.7. The second kappa shape index (κ2) is 5.65. The first-order chi connectivity index (χ1) is 9.84. The first-order valence-electron chi connectivity index (χ1n) is 7.63. The van der Waals surface area contributed by atoms with Crippen molar-refractivity contribution in [3.8, 4) is 5.75 Å². The number of rotatable bonds is 3. The van der Waals surface area contributed by atoms with Crippen molar-refractivity contribution in [2.75, 3.05) is 7.11 Å². The van der Waals surface area contributed by atoms with E-state index in [0.717, 1.165) is 37.0 Å². The molecule has 0 heterocycles. The van der Waals surface area contributed by atoms with E-state index in [4.69, 9.17) is 4.74 Å². The third-order valence-electron chi connectivity index (χ3n) is 4.55. The highest BCUT2D eigenvalue weighted by atomic mass is 16.5. The molecule has 3 heteroatoms. The fraction of sp³-hybridized carbons (Fsp3) is 0.611. The summed E-state index contributed by atoms with van der Waals surface area (Å²) >= 11 is 0. The third-order valence-corrected chi connectivity index (χ3v) is 4.55. The normalized spacial score (nSPS) is 17.4. The van der Waals surface area contributed by atoms with Crippen LogP contribution >= 0.6 is 0 Å². The Morgan fingerprint density at radius 1 is 1.24 bits per heavy atom. The summed E-state index contributed by atoms with van der Waals surface area (Å²) in [7, 11) is 1.70. The molecule has 21 heavy (non-hydrogen) atoms. The van der Waals surface area contributed by atoms with Crippen molar-refractivity contribution in [2.45, 2.75) is 64.3 Å². The van der Waals surface area contributed by atoms with Gasteiger partial charge in [0.2, 0.25) is 6.08 Å². The predicted octanol–water partition coefficient (Wildman–Crippen LogP) is 4.41. The van der Waals surface area contributed by atoms with Crippen LogP contribution in [0.5, 0.6) is 5.75 Å². The summed E-state index contributed by atoms with van der Waals surface area (Å²) in [5.41, 5.74) is 3.12. The van der Waals surface area contributed by atoms with E-state index in [1.165, 1.54) is 11.1 Å². The van der Waals surface area contributed by atoms with Gasteiger partial charge in [-0.1, -0.05) is 39.7 Å². The molecule has 0 aliphatic heterocycles. The quantitative estimate of drug-likeness (QED) is 0.610. The molecule has 114 valence electrons. The molecular weight excluding hydrogens is 262 g/mol. The van der Waals surface area contributed by atoms with Crippen LogP contribution in [-0.4, -0.2) is 13.2 Å². The molecule has 0 saturated heterocycles. The van der Waals surface area contributed by atoms with Gasteiger partial charge in [-0.05, 0) is 47.9 Å². The monoisotopic (exact) mass is 287 g/mol. The average Bonchev–Trinajstić information content (AvgIpc) is 2.87. The number of benzene rings is 1. The van der Waals surface area contributed by atoms with Crippen LogP contribution in [0.4, 0.5) is 0 Å². The maximum Gasteiger partial charge on any atom is 0.235 e. The van der Waals surface area contributed by atoms with Gasteiger partial charge in [0.1, 0.15) is 5.75 Å². The molecule has 0 unspecified atom stereocenters. The summed E-state index contributed by atoms with van der Waals surface area (Å²) in [5.74, 6) is 0.885. The van der Waals surface area contributed by atoms with Gasteiger partial charge in [-0.3, -0.25) is 0 Å². The molecule has 0 N–H and O–H groups in total. The number of aryl methyl sites for hydroxylation is 1. The number of hydrogen-bond donors (Lipinski definition) is 0. The summed E-state index contributed by atoms with van der Waals surface area (Å²) in [6.45, 7) is 8.64. The molecule has 1 fully saturated rings. The zero-order valence-electron chi connectivity index (χ0n) is 13.7. The minimum atomic E-state index is -0.393. The predicted molar refractivity (Wildman–Crippen MR) is 84.7 cm³/mol. The van der Waals surface area contributed by atoms with Crippen molar-refractivity contribution >= 4 is 6.08 Å². The number of aliphatic imine (C=N–C) groups is 1. The Labute approximate surface area is 127 Å². The lowest BCUT2D eigenvalue weighted by molar-refractivity contribution is 0.391. The van der Waals surface area contributed by atoms with Gasteiger partial charge in [0.25, 0.3) is 0 Å². The lowest BCUT2D eigenvalue weighted by atomic mass is 9.80. The van der Waals surface area contributed by atoms with Gasteiger partial charge in [0.05, 0.1) is 12.6 Å². The first kappa shape index (κ1) is 15.8. The van der Waals surface area contributed by atoms with Gasteiger partial charge >= 0.3 is 0 Å². The average molecular weight is 287 g/mol. The molecule has 0 aromatic heterocycles. The Bertz CT molecular complexity index is 572. The van der Waals surface area contributed by atoms with Crippen LogP contribution in [0, 0.1) is 6.92 Å². The summed E-state index contributed by atoms with van der Waals surface area (Å²) in [6.07, 6.45) is 5.84. The van der Waals surface area contributed by atoms with E-state index in [-0.39, 0.29) is 5.41 Å². The Balaban J connectivity index is 2.63. The van der Waals surface area contributed by atoms with Crippen LogP contribution in [0.2, 0.25) is 0 Å². The van der Waals surface area contributed by atoms with Gasteiger partial charge in [0.15, 0.2) is 0 Å². The second-order valence-corrected chi connectivity index (χ2v) is 7.06. The van der Waals surface area contributed by atoms with Gasteiger partial charge in [-0.25, -0.2) is 4.79 Å². The number of isocyanates is 1. The second-order valence-electron chi connectivity index (χ2n) is 7.06. The summed E-state index contributed by atoms with van der Waals surface area (Å²) in [5, 5.41) is 0. The van der Waals surface area contributed by atoms with Gasteiger partial charge in [-0.15, -0.1) is 0 Å². The fourth-order valence-electron chi connectivity index (χ4n) is 3.43. The molecule has 1 saturated carbocycles. The Hall–Kier alpha value is -1.60. The van der Waals surface area contributed by atoms with Crippen LogP contribution < -0.4 is 4.74 Å². The van der Waals surface area contributed by atoms with Crippen molar-refractivity contribution < 1.29 is 9.53 Å². The van der Waals surface area contributed by atoms with Crippen LogP contribution in [0.25, 0.3) is 0 Å². The Morgan fingerprint density at radius 3 is 2.33 bits per heavy atom. The van der Waals surface area contributed by atoms with Gasteiger partial charge in [-0.2, -0.15) is 4.99 Å². The fourth-order valence-corrected chi connectivity index (χ4v) is 3.43. The van der Waals surface area contributed by atoms with Crippen LogP contribution in [0.15, 0.2) is 17.1 Å². The lowest BCUT2D eigenvalue weighted by Crippen LogP contribution is -2.22. The number of ether oxygens (including phenoxy) is 1. The topological polar surface area (TPSA) is 38.7 Å². The van der Waals surface area contributed by atoms with Crippen molar-refractivity contribution in [3.05, 3.63) is 28.8 Å². The number of hydrogen-bond acceptors (Lipinski definition) is 3. The molecule has 3 nitrogen and oxygen atoms in total. The maximum atomic E-state index is 10.9. The standard InChI is InChI=1S/C18H25NO2/c1-13-10-15(17(2,3)4)16(21-5)11-14(13)18(19-12-20)8-6-7-9-18/h10-11H,6-9H2,1-5H3. The van der Waals surface area contributed by atoms with Crippen molar-refractivity contribution in [3.63, 3.8) is 0 Å². The van der Waals surface area contributed by atoms with E-state index >= 15 is 0 Å². The number of nitrogens with zero attached hydrogens (tertiary/aromatic N) is 1. The lowest BCUT2D eigenvalue weighted by Gasteiger charge is -2.29. The molecule has 0 amide bonds. The molecule has 1 aliphatic carbocycles. The number of carbonyl (C=O) groups excluding carboxylic acids is 1. The van der Waals surface area contributed by atoms with E-state index in [1.54, 1.807) is 13.2 Å². The van der Waals surface area contributed by atoms with Crippen LogP contribution in [-0.2, 0) is 15.7 Å². The molecular formula is C18H25NO2. The molecule has 0 spiro atoms. The molecule has 2 rings (SSSR count). The molecule has 1 aromatic rings. The molecule has 0 atom stereocenters. The highest BCUT2D eigenvalue weighted by Crippen LogP contribution is 2.46. The summed E-state index contributed by atoms with van der Waals surface area (Å²) < 4.78 is 5.61. The maximum absolute atomic E-state index is 10.9. The largest absolute Gasteiger partial charge is 0.496 e. The van der Waals surface area contributed by atoms with E-state index in [2.05, 4.69) is 44.8 Å². The first-order valence-corrected chi connectivity index (χ1v) is 7.63. The highest BCUT2D eigenvalue weighted by Gasteiger charge is 2.38. The molecule has 1 aromatic carbocycles. The van der Waals surface area contributed by atoms with Gasteiger partial charge in [0, 0.05) is 0 Å². The van der Waals surface area contributed by atoms with Crippen molar-refractivity contribution in [1.29, 1.82) is 0 Å². The van der Waals surface area contributed by atoms with E-state index < -0.39 is 5.54 Å². The van der Waals surface area contributed by atoms with Crippen LogP contribution in [0.1, 0.15) is 63.1 Å². The minimum absolute atomic E-state index is 0.0192.